The number of carboxylic acid groups (broad SMARTS) is 1. The van der Waals surface area contributed by atoms with E-state index in [4.69, 9.17) is 14.6 Å². The zero-order valence-corrected chi connectivity index (χ0v) is 14.0. The van der Waals surface area contributed by atoms with Crippen LogP contribution >= 0.6 is 0 Å². The number of fused-ring (bicyclic) bond motifs is 2. The Bertz CT molecular complexity index is 673. The molecule has 0 saturated heterocycles. The summed E-state index contributed by atoms with van der Waals surface area (Å²) in [4.78, 5) is 11.1. The molecule has 3 rings (SSSR count). The molecule has 0 aromatic heterocycles. The molecular weight excluding hydrogens is 292 g/mol. The first-order valence-corrected chi connectivity index (χ1v) is 7.85. The van der Waals surface area contributed by atoms with Gasteiger partial charge >= 0.3 is 5.97 Å². The van der Waals surface area contributed by atoms with Crippen LogP contribution < -0.4 is 9.47 Å². The predicted octanol–water partition coefficient (Wildman–Crippen LogP) is 4.07. The maximum Gasteiger partial charge on any atom is 0.303 e. The van der Waals surface area contributed by atoms with Gasteiger partial charge in [-0.05, 0) is 52.3 Å². The molecule has 0 radical (unpaired) electrons. The Labute approximate surface area is 136 Å². The first-order valence-electron chi connectivity index (χ1n) is 7.85. The van der Waals surface area contributed by atoms with Gasteiger partial charge in [-0.15, -0.1) is 0 Å². The van der Waals surface area contributed by atoms with Gasteiger partial charge in [-0.1, -0.05) is 12.2 Å². The van der Waals surface area contributed by atoms with Gasteiger partial charge < -0.3 is 14.6 Å². The normalized spacial score (nSPS) is 19.3. The number of ether oxygens (including phenoxy) is 2. The van der Waals surface area contributed by atoms with Crippen molar-refractivity contribution in [1.29, 1.82) is 0 Å². The Kier molecular flexibility index (Phi) is 3.51. The van der Waals surface area contributed by atoms with E-state index in [1.165, 1.54) is 0 Å². The molecule has 0 saturated carbocycles. The van der Waals surface area contributed by atoms with Crippen molar-refractivity contribution >= 4 is 18.1 Å². The summed E-state index contributed by atoms with van der Waals surface area (Å²) in [5, 5.41) is 9.08. The van der Waals surface area contributed by atoms with Gasteiger partial charge in [0.05, 0.1) is 0 Å². The fraction of sp³-hybridized carbons (Fsp3) is 0.421. The van der Waals surface area contributed by atoms with Crippen LogP contribution in [0, 0.1) is 0 Å². The average molecular weight is 314 g/mol. The molecule has 1 aromatic rings. The summed E-state index contributed by atoms with van der Waals surface area (Å²) in [5.74, 6) is 0.653. The minimum Gasteiger partial charge on any atom is -0.483 e. The molecule has 1 N–H and O–H groups in total. The second kappa shape index (κ2) is 5.15. The van der Waals surface area contributed by atoms with Gasteiger partial charge in [0.1, 0.15) is 22.7 Å². The van der Waals surface area contributed by atoms with Crippen LogP contribution in [0.3, 0.4) is 0 Å². The first-order chi connectivity index (χ1) is 10.7. The van der Waals surface area contributed by atoms with Gasteiger partial charge in [0.25, 0.3) is 0 Å². The molecule has 23 heavy (non-hydrogen) atoms. The van der Waals surface area contributed by atoms with Crippen molar-refractivity contribution in [2.75, 3.05) is 0 Å². The molecular formula is C19H22O4. The van der Waals surface area contributed by atoms with Crippen LogP contribution in [0.25, 0.3) is 12.2 Å². The van der Waals surface area contributed by atoms with Crippen molar-refractivity contribution in [3.63, 3.8) is 0 Å². The average Bonchev–Trinajstić information content (AvgIpc) is 2.42. The number of carbonyl (C=O) groups is 1. The molecule has 0 fully saturated rings. The summed E-state index contributed by atoms with van der Waals surface area (Å²) in [6.45, 7) is 7.93. The predicted molar refractivity (Wildman–Crippen MR) is 89.9 cm³/mol. The zero-order valence-electron chi connectivity index (χ0n) is 14.0. The molecule has 0 unspecified atom stereocenters. The lowest BCUT2D eigenvalue weighted by atomic mass is 9.92. The van der Waals surface area contributed by atoms with Gasteiger partial charge in [-0.3, -0.25) is 4.79 Å². The molecule has 0 bridgehead atoms. The Morgan fingerprint density at radius 1 is 1.00 bits per heavy atom. The van der Waals surface area contributed by atoms with Gasteiger partial charge in [0.2, 0.25) is 0 Å². The van der Waals surface area contributed by atoms with Gasteiger partial charge in [-0.2, -0.15) is 0 Å². The Balaban J connectivity index is 2.15. The Hall–Kier alpha value is -2.23. The topological polar surface area (TPSA) is 55.8 Å². The lowest BCUT2D eigenvalue weighted by molar-refractivity contribution is -0.136. The van der Waals surface area contributed by atoms with Crippen molar-refractivity contribution < 1.29 is 19.4 Å². The highest BCUT2D eigenvalue weighted by atomic mass is 16.5. The highest BCUT2D eigenvalue weighted by molar-refractivity contribution is 5.75. The van der Waals surface area contributed by atoms with E-state index in [1.54, 1.807) is 0 Å². The second-order valence-electron chi connectivity index (χ2n) is 7.16. The summed E-state index contributed by atoms with van der Waals surface area (Å²) in [5.41, 5.74) is 1.95. The van der Waals surface area contributed by atoms with E-state index < -0.39 is 17.2 Å². The van der Waals surface area contributed by atoms with Crippen LogP contribution in [0.5, 0.6) is 11.5 Å². The summed E-state index contributed by atoms with van der Waals surface area (Å²) >= 11 is 0. The van der Waals surface area contributed by atoms with Crippen molar-refractivity contribution in [3.8, 4) is 11.5 Å². The van der Waals surface area contributed by atoms with E-state index in [1.807, 2.05) is 58.1 Å². The summed E-state index contributed by atoms with van der Waals surface area (Å²) in [6, 6.07) is 2.03. The van der Waals surface area contributed by atoms with Gasteiger partial charge in [0.15, 0.2) is 0 Å². The third kappa shape index (κ3) is 3.11. The zero-order chi connectivity index (χ0) is 16.8. The van der Waals surface area contributed by atoms with Crippen LogP contribution in [-0.2, 0) is 11.2 Å². The largest absolute Gasteiger partial charge is 0.483 e. The molecule has 0 amide bonds. The number of aliphatic carboxylic acids is 1. The van der Waals surface area contributed by atoms with Crippen molar-refractivity contribution in [3.05, 3.63) is 34.9 Å². The number of hydrogen-bond acceptors (Lipinski definition) is 3. The monoisotopic (exact) mass is 314 g/mol. The molecule has 1 aromatic carbocycles. The number of benzene rings is 1. The molecule has 2 aliphatic rings. The minimum atomic E-state index is -0.826. The number of rotatable bonds is 3. The Morgan fingerprint density at radius 3 is 1.91 bits per heavy atom. The molecule has 4 heteroatoms. The van der Waals surface area contributed by atoms with E-state index in [0.717, 1.165) is 28.2 Å². The molecule has 4 nitrogen and oxygen atoms in total. The molecule has 2 aliphatic heterocycles. The van der Waals surface area contributed by atoms with E-state index >= 15 is 0 Å². The molecule has 0 aliphatic carbocycles. The maximum atomic E-state index is 11.1. The van der Waals surface area contributed by atoms with Crippen molar-refractivity contribution in [2.24, 2.45) is 0 Å². The third-order valence-electron chi connectivity index (χ3n) is 4.03. The first kappa shape index (κ1) is 15.7. The quantitative estimate of drug-likeness (QED) is 0.913. The molecule has 122 valence electrons. The van der Waals surface area contributed by atoms with E-state index in [-0.39, 0.29) is 6.42 Å². The number of carboxylic acids is 1. The van der Waals surface area contributed by atoms with Crippen LogP contribution in [0.4, 0.5) is 0 Å². The fourth-order valence-corrected chi connectivity index (χ4v) is 2.87. The van der Waals surface area contributed by atoms with Crippen LogP contribution in [0.1, 0.15) is 50.8 Å². The highest BCUT2D eigenvalue weighted by Gasteiger charge is 2.31. The fourth-order valence-electron chi connectivity index (χ4n) is 2.87. The van der Waals surface area contributed by atoms with E-state index in [0.29, 0.717) is 6.42 Å². The van der Waals surface area contributed by atoms with Crippen molar-refractivity contribution in [1.82, 2.24) is 0 Å². The lowest BCUT2D eigenvalue weighted by Gasteiger charge is -2.34. The van der Waals surface area contributed by atoms with Crippen LogP contribution in [0.2, 0.25) is 0 Å². The Morgan fingerprint density at radius 2 is 1.48 bits per heavy atom. The molecule has 0 spiro atoms. The standard InChI is InChI=1S/C19H22O4/c1-18(2)9-7-12-11-13-8-10-19(3,4)23-17(13)14(16(12)22-18)5-6-15(20)21/h7-11H,5-6H2,1-4H3,(H,20,21). The molecule has 0 atom stereocenters. The highest BCUT2D eigenvalue weighted by Crippen LogP contribution is 2.45. The maximum absolute atomic E-state index is 11.1. The van der Waals surface area contributed by atoms with Crippen molar-refractivity contribution in [2.45, 2.75) is 51.7 Å². The minimum absolute atomic E-state index is 0.0455. The lowest BCUT2D eigenvalue weighted by Crippen LogP contribution is -2.31. The van der Waals surface area contributed by atoms with Gasteiger partial charge in [-0.25, -0.2) is 0 Å². The summed E-state index contributed by atoms with van der Waals surface area (Å²) < 4.78 is 12.3. The van der Waals surface area contributed by atoms with Crippen LogP contribution in [-0.4, -0.2) is 22.3 Å². The second-order valence-corrected chi connectivity index (χ2v) is 7.16. The van der Waals surface area contributed by atoms with E-state index in [9.17, 15) is 4.79 Å². The summed E-state index contributed by atoms with van der Waals surface area (Å²) in [7, 11) is 0. The van der Waals surface area contributed by atoms with Gasteiger partial charge in [0, 0.05) is 23.1 Å². The smallest absolute Gasteiger partial charge is 0.303 e. The summed E-state index contributed by atoms with van der Waals surface area (Å²) in [6.07, 6.45) is 8.53. The van der Waals surface area contributed by atoms with E-state index in [2.05, 4.69) is 0 Å². The molecule has 2 heterocycles. The third-order valence-corrected chi connectivity index (χ3v) is 4.03. The van der Waals surface area contributed by atoms with Crippen LogP contribution in [0.15, 0.2) is 18.2 Å². The SMILES string of the molecule is CC1(C)C=Cc2cc3c(c(CCC(=O)O)c2O1)OC(C)(C)C=C3. The number of hydrogen-bond donors (Lipinski definition) is 1.